The van der Waals surface area contributed by atoms with Gasteiger partial charge in [-0.1, -0.05) is 91.0 Å². The van der Waals surface area contributed by atoms with Gasteiger partial charge in [0.15, 0.2) is 5.96 Å². The highest BCUT2D eigenvalue weighted by Gasteiger charge is 2.30. The standard InChI is InChI=1S/C29H35N5O2/c1-21(22-13-6-3-7-14-22)33(2)25(27(30)35)19-12-20-34(29(31)32)28(36)26(23-15-8-4-9-16-23)24-17-10-5-11-18-24/h3-11,13-18,21,25-26H,12,19-20H2,1-2H3,(H2,30,35)(H3,31,32)/t21-,25+/m0/s1. The lowest BCUT2D eigenvalue weighted by Crippen LogP contribution is -2.46. The molecule has 7 nitrogen and oxygen atoms in total. The Morgan fingerprint density at radius 1 is 0.806 bits per heavy atom. The van der Waals surface area contributed by atoms with Gasteiger partial charge in [-0.2, -0.15) is 0 Å². The molecule has 0 saturated heterocycles. The van der Waals surface area contributed by atoms with Gasteiger partial charge in [0.1, 0.15) is 0 Å². The maximum atomic E-state index is 13.7. The number of nitrogens with two attached hydrogens (primary N) is 2. The van der Waals surface area contributed by atoms with Crippen LogP contribution < -0.4 is 11.5 Å². The molecule has 0 aliphatic carbocycles. The Balaban J connectivity index is 1.75. The van der Waals surface area contributed by atoms with Gasteiger partial charge in [0.05, 0.1) is 12.0 Å². The predicted molar refractivity (Wildman–Crippen MR) is 143 cm³/mol. The number of amides is 2. The molecule has 0 radical (unpaired) electrons. The number of guanidine groups is 1. The Kier molecular flexibility index (Phi) is 9.36. The normalized spacial score (nSPS) is 12.8. The number of carbonyl (C=O) groups excluding carboxylic acids is 2. The molecule has 0 aromatic heterocycles. The Hall–Kier alpha value is -3.97. The summed E-state index contributed by atoms with van der Waals surface area (Å²) in [6.07, 6.45) is 0.891. The van der Waals surface area contributed by atoms with E-state index in [2.05, 4.69) is 0 Å². The van der Waals surface area contributed by atoms with Gasteiger partial charge < -0.3 is 11.5 Å². The van der Waals surface area contributed by atoms with E-state index in [0.717, 1.165) is 16.7 Å². The topological polar surface area (TPSA) is 117 Å². The third-order valence-electron chi connectivity index (χ3n) is 6.64. The van der Waals surface area contributed by atoms with Gasteiger partial charge >= 0.3 is 0 Å². The van der Waals surface area contributed by atoms with Gasteiger partial charge in [0, 0.05) is 12.6 Å². The van der Waals surface area contributed by atoms with Crippen molar-refractivity contribution in [3.63, 3.8) is 0 Å². The van der Waals surface area contributed by atoms with Crippen LogP contribution in [0.4, 0.5) is 0 Å². The first-order valence-electron chi connectivity index (χ1n) is 12.1. The average molecular weight is 486 g/mol. The number of hydrogen-bond donors (Lipinski definition) is 3. The fourth-order valence-electron chi connectivity index (χ4n) is 4.50. The smallest absolute Gasteiger partial charge is 0.241 e. The van der Waals surface area contributed by atoms with Crippen molar-refractivity contribution in [3.05, 3.63) is 108 Å². The summed E-state index contributed by atoms with van der Waals surface area (Å²) in [6, 6.07) is 28.3. The average Bonchev–Trinajstić information content (AvgIpc) is 2.89. The first-order valence-corrected chi connectivity index (χ1v) is 12.1. The van der Waals surface area contributed by atoms with Crippen molar-refractivity contribution in [1.29, 1.82) is 5.41 Å². The molecule has 0 bridgehead atoms. The summed E-state index contributed by atoms with van der Waals surface area (Å²) in [6.45, 7) is 2.24. The van der Waals surface area contributed by atoms with Crippen LogP contribution in [0.15, 0.2) is 91.0 Å². The summed E-state index contributed by atoms with van der Waals surface area (Å²) in [5, 5.41) is 8.12. The Labute approximate surface area is 213 Å². The Morgan fingerprint density at radius 3 is 1.67 bits per heavy atom. The van der Waals surface area contributed by atoms with Gasteiger partial charge in [-0.15, -0.1) is 0 Å². The fourth-order valence-corrected chi connectivity index (χ4v) is 4.50. The number of rotatable bonds is 11. The van der Waals surface area contributed by atoms with E-state index >= 15 is 0 Å². The van der Waals surface area contributed by atoms with Crippen LogP contribution in [0.25, 0.3) is 0 Å². The zero-order chi connectivity index (χ0) is 26.1. The number of primary amides is 1. The van der Waals surface area contributed by atoms with Gasteiger partial charge in [-0.3, -0.25) is 24.8 Å². The molecule has 5 N–H and O–H groups in total. The number of nitrogens with zero attached hydrogens (tertiary/aromatic N) is 2. The van der Waals surface area contributed by atoms with Gasteiger partial charge in [0.25, 0.3) is 0 Å². The van der Waals surface area contributed by atoms with Gasteiger partial charge in [-0.25, -0.2) is 0 Å². The molecule has 36 heavy (non-hydrogen) atoms. The van der Waals surface area contributed by atoms with Crippen LogP contribution in [0, 0.1) is 5.41 Å². The van der Waals surface area contributed by atoms with Gasteiger partial charge in [0.2, 0.25) is 11.8 Å². The molecular formula is C29H35N5O2. The lowest BCUT2D eigenvalue weighted by atomic mass is 9.90. The van der Waals surface area contributed by atoms with Crippen LogP contribution in [0.1, 0.15) is 48.4 Å². The minimum absolute atomic E-state index is 0.0187. The van der Waals surface area contributed by atoms with Crippen LogP contribution in [0.2, 0.25) is 0 Å². The molecule has 0 unspecified atom stereocenters. The second kappa shape index (κ2) is 12.7. The first kappa shape index (κ1) is 26.6. The second-order valence-electron chi connectivity index (χ2n) is 8.94. The molecule has 2 atom stereocenters. The molecule has 0 aliphatic heterocycles. The highest BCUT2D eigenvalue weighted by atomic mass is 16.2. The largest absolute Gasteiger partial charge is 0.370 e. The Bertz CT molecular complexity index is 1100. The van der Waals surface area contributed by atoms with Crippen molar-refractivity contribution in [2.75, 3.05) is 13.6 Å². The SMILES string of the molecule is C[C@@H](c1ccccc1)N(C)[C@H](CCCN(C(=N)N)C(=O)C(c1ccccc1)c1ccccc1)C(N)=O. The molecule has 3 aromatic rings. The van der Waals surface area contributed by atoms with Crippen LogP contribution >= 0.6 is 0 Å². The third-order valence-corrected chi connectivity index (χ3v) is 6.64. The lowest BCUT2D eigenvalue weighted by molar-refractivity contribution is -0.128. The minimum Gasteiger partial charge on any atom is -0.370 e. The molecule has 2 amide bonds. The van der Waals surface area contributed by atoms with Crippen LogP contribution in [0.3, 0.4) is 0 Å². The number of carbonyl (C=O) groups is 2. The zero-order valence-electron chi connectivity index (χ0n) is 20.9. The molecule has 0 aliphatic rings. The summed E-state index contributed by atoms with van der Waals surface area (Å²) >= 11 is 0. The number of likely N-dealkylation sites (N-methyl/N-ethyl adjacent to an activating group) is 1. The summed E-state index contributed by atoms with van der Waals surface area (Å²) in [7, 11) is 1.88. The number of benzene rings is 3. The highest BCUT2D eigenvalue weighted by Crippen LogP contribution is 2.27. The van der Waals surface area contributed by atoms with E-state index in [0.29, 0.717) is 12.8 Å². The van der Waals surface area contributed by atoms with Crippen molar-refractivity contribution in [2.24, 2.45) is 11.5 Å². The molecule has 0 heterocycles. The molecule has 188 valence electrons. The molecule has 3 aromatic carbocycles. The fraction of sp³-hybridized carbons (Fsp3) is 0.276. The molecule has 7 heteroatoms. The quantitative estimate of drug-likeness (QED) is 0.282. The maximum Gasteiger partial charge on any atom is 0.241 e. The summed E-state index contributed by atoms with van der Waals surface area (Å²) in [4.78, 5) is 29.3. The molecule has 0 saturated carbocycles. The third kappa shape index (κ3) is 6.58. The van der Waals surface area contributed by atoms with Crippen molar-refractivity contribution in [2.45, 2.75) is 37.8 Å². The van der Waals surface area contributed by atoms with E-state index in [9.17, 15) is 9.59 Å². The predicted octanol–water partition coefficient (Wildman–Crippen LogP) is 3.87. The van der Waals surface area contributed by atoms with E-state index < -0.39 is 17.9 Å². The van der Waals surface area contributed by atoms with Crippen LogP contribution in [0.5, 0.6) is 0 Å². The highest BCUT2D eigenvalue weighted by molar-refractivity contribution is 5.99. The first-order chi connectivity index (χ1) is 17.3. The zero-order valence-corrected chi connectivity index (χ0v) is 20.9. The Morgan fingerprint density at radius 2 is 1.25 bits per heavy atom. The van der Waals surface area contributed by atoms with Crippen LogP contribution in [-0.4, -0.2) is 47.2 Å². The number of hydrogen-bond acceptors (Lipinski definition) is 4. The summed E-state index contributed by atoms with van der Waals surface area (Å²) < 4.78 is 0. The molecule has 3 rings (SSSR count). The summed E-state index contributed by atoms with van der Waals surface area (Å²) in [5.74, 6) is -1.61. The summed E-state index contributed by atoms with van der Waals surface area (Å²) in [5.41, 5.74) is 14.4. The van der Waals surface area contributed by atoms with Crippen molar-refractivity contribution < 1.29 is 9.59 Å². The van der Waals surface area contributed by atoms with Crippen molar-refractivity contribution >= 4 is 17.8 Å². The van der Waals surface area contributed by atoms with Crippen molar-refractivity contribution in [3.8, 4) is 0 Å². The lowest BCUT2D eigenvalue weighted by Gasteiger charge is -2.32. The second-order valence-corrected chi connectivity index (χ2v) is 8.94. The maximum absolute atomic E-state index is 13.7. The minimum atomic E-state index is -0.594. The van der Waals surface area contributed by atoms with E-state index in [1.165, 1.54) is 4.90 Å². The monoisotopic (exact) mass is 485 g/mol. The van der Waals surface area contributed by atoms with E-state index in [-0.39, 0.29) is 24.5 Å². The van der Waals surface area contributed by atoms with E-state index in [1.807, 2.05) is 110 Å². The van der Waals surface area contributed by atoms with Gasteiger partial charge in [-0.05, 0) is 43.5 Å². The molecule has 0 fully saturated rings. The van der Waals surface area contributed by atoms with E-state index in [4.69, 9.17) is 16.9 Å². The van der Waals surface area contributed by atoms with Crippen molar-refractivity contribution in [1.82, 2.24) is 9.80 Å². The van der Waals surface area contributed by atoms with Crippen LogP contribution in [-0.2, 0) is 9.59 Å². The molecule has 0 spiro atoms. The van der Waals surface area contributed by atoms with E-state index in [1.54, 1.807) is 0 Å². The number of nitrogens with one attached hydrogen (secondary N) is 1. The molecular weight excluding hydrogens is 450 g/mol.